The van der Waals surface area contributed by atoms with Gasteiger partial charge in [-0.2, -0.15) is 21.0 Å². The minimum absolute atomic E-state index is 0. The van der Waals surface area contributed by atoms with E-state index in [1.165, 1.54) is 0 Å². The van der Waals surface area contributed by atoms with Crippen molar-refractivity contribution in [3.8, 4) is 0 Å². The van der Waals surface area contributed by atoms with Crippen molar-refractivity contribution in [2.45, 2.75) is 102 Å². The predicted octanol–water partition coefficient (Wildman–Crippen LogP) is 5.33. The Balaban J connectivity index is -0.0000000533. The van der Waals surface area contributed by atoms with Gasteiger partial charge in [-0.05, 0) is 0 Å². The molecule has 5 heteroatoms. The van der Waals surface area contributed by atoms with Crippen LogP contribution in [0.25, 0.3) is 0 Å². The third kappa shape index (κ3) is 84.7. The van der Waals surface area contributed by atoms with E-state index in [0.717, 1.165) is 25.7 Å². The summed E-state index contributed by atoms with van der Waals surface area (Å²) in [5.41, 5.74) is 0. The third-order valence-corrected chi connectivity index (χ3v) is 3.63. The topological polar surface area (TPSA) is 0 Å². The molecular formula is C16H36CeS4. The fourth-order valence-electron chi connectivity index (χ4n) is 0. The summed E-state index contributed by atoms with van der Waals surface area (Å²) in [6.45, 7) is 16.5. The molecule has 0 N–H and O–H groups in total. The van der Waals surface area contributed by atoms with Crippen molar-refractivity contribution in [1.29, 1.82) is 0 Å². The molecule has 21 heavy (non-hydrogen) atoms. The molecule has 0 aliphatic rings. The maximum Gasteiger partial charge on any atom is 4.00 e. The Morgan fingerprint density at radius 2 is 0.524 bits per heavy atom. The van der Waals surface area contributed by atoms with Crippen molar-refractivity contribution in [3.05, 3.63) is 0 Å². The van der Waals surface area contributed by atoms with Crippen LogP contribution >= 0.6 is 0 Å². The summed E-state index contributed by atoms with van der Waals surface area (Å²) < 4.78 is 0. The summed E-state index contributed by atoms with van der Waals surface area (Å²) in [6, 6.07) is 0. The molecule has 0 radical (unpaired) electrons. The Morgan fingerprint density at radius 1 is 0.476 bits per heavy atom. The van der Waals surface area contributed by atoms with Gasteiger partial charge in [0.15, 0.2) is 0 Å². The fraction of sp³-hybridized carbons (Fsp3) is 1.00. The van der Waals surface area contributed by atoms with Gasteiger partial charge in [-0.15, -0.1) is 0 Å². The molecule has 0 aromatic carbocycles. The molecular weight excluding hydrogens is 461 g/mol. The minimum Gasteiger partial charge on any atom is -0.789 e. The molecule has 0 rings (SSSR count). The zero-order chi connectivity index (χ0) is 17.1. The van der Waals surface area contributed by atoms with Crippen LogP contribution in [-0.4, -0.2) is 21.0 Å². The van der Waals surface area contributed by atoms with Gasteiger partial charge in [0.1, 0.15) is 0 Å². The van der Waals surface area contributed by atoms with E-state index in [1.54, 1.807) is 0 Å². The molecule has 4 atom stereocenters. The number of rotatable bonds is 4. The largest absolute Gasteiger partial charge is 4.00 e. The van der Waals surface area contributed by atoms with Crippen LogP contribution in [0.3, 0.4) is 0 Å². The van der Waals surface area contributed by atoms with Gasteiger partial charge in [-0.3, -0.25) is 0 Å². The summed E-state index contributed by atoms with van der Waals surface area (Å²) in [7, 11) is 0. The SMILES string of the molecule is CCC(C)[S-].CCC(C)[S-].CCC(C)[S-].CCC(C)[S-].[Ce+4]. The third-order valence-electron chi connectivity index (χ3n) is 2.30. The number of hydrogen-bond acceptors (Lipinski definition) is 4. The van der Waals surface area contributed by atoms with Crippen LogP contribution < -0.4 is 0 Å². The van der Waals surface area contributed by atoms with Crippen molar-refractivity contribution in [1.82, 2.24) is 0 Å². The first kappa shape index (κ1) is 35.0. The molecule has 4 unspecified atom stereocenters. The summed E-state index contributed by atoms with van der Waals surface area (Å²) in [6.07, 6.45) is 4.48. The molecule has 0 aromatic rings. The van der Waals surface area contributed by atoms with Crippen molar-refractivity contribution >= 4 is 50.5 Å². The van der Waals surface area contributed by atoms with Gasteiger partial charge in [0.2, 0.25) is 0 Å². The van der Waals surface area contributed by atoms with Crippen LogP contribution in [0.4, 0.5) is 0 Å². The maximum atomic E-state index is 4.78. The van der Waals surface area contributed by atoms with Gasteiger partial charge in [0, 0.05) is 0 Å². The Hall–Kier alpha value is 2.78. The molecule has 0 aliphatic heterocycles. The van der Waals surface area contributed by atoms with E-state index in [2.05, 4.69) is 27.7 Å². The molecule has 0 saturated carbocycles. The average molecular weight is 497 g/mol. The van der Waals surface area contributed by atoms with Gasteiger partial charge in [-0.1, -0.05) is 81.1 Å². The summed E-state index contributed by atoms with van der Waals surface area (Å²) in [4.78, 5) is 0. The van der Waals surface area contributed by atoms with E-state index in [9.17, 15) is 0 Å². The quantitative estimate of drug-likeness (QED) is 0.483. The minimum atomic E-state index is 0. The molecule has 0 nitrogen and oxygen atoms in total. The van der Waals surface area contributed by atoms with E-state index in [0.29, 0.717) is 21.0 Å². The molecule has 0 amide bonds. The Bertz CT molecular complexity index is 108. The summed E-state index contributed by atoms with van der Waals surface area (Å²) >= 11 is 19.1. The van der Waals surface area contributed by atoms with Crippen LogP contribution in [0.2, 0.25) is 0 Å². The van der Waals surface area contributed by atoms with E-state index in [1.807, 2.05) is 27.7 Å². The summed E-state index contributed by atoms with van der Waals surface area (Å²) in [5, 5.41) is 1.87. The second-order valence-corrected chi connectivity index (χ2v) is 8.09. The van der Waals surface area contributed by atoms with Gasteiger partial charge >= 0.3 is 41.7 Å². The Labute approximate surface area is 192 Å². The second-order valence-electron chi connectivity index (χ2n) is 4.88. The van der Waals surface area contributed by atoms with Gasteiger partial charge in [0.05, 0.1) is 0 Å². The zero-order valence-corrected chi connectivity index (χ0v) is 21.7. The Kier molecular flexibility index (Phi) is 51.0. The molecule has 128 valence electrons. The maximum absolute atomic E-state index is 4.78. The van der Waals surface area contributed by atoms with Crippen molar-refractivity contribution < 1.29 is 41.7 Å². The molecule has 0 spiro atoms. The van der Waals surface area contributed by atoms with Crippen molar-refractivity contribution in [2.24, 2.45) is 0 Å². The smallest absolute Gasteiger partial charge is 0.789 e. The van der Waals surface area contributed by atoms with E-state index in [-0.39, 0.29) is 41.7 Å². The van der Waals surface area contributed by atoms with Crippen molar-refractivity contribution in [2.75, 3.05) is 0 Å². The first-order valence-electron chi connectivity index (χ1n) is 7.71. The molecule has 0 bridgehead atoms. The monoisotopic (exact) mass is 496 g/mol. The van der Waals surface area contributed by atoms with E-state index < -0.39 is 0 Å². The Morgan fingerprint density at radius 3 is 0.524 bits per heavy atom. The van der Waals surface area contributed by atoms with Crippen LogP contribution in [0, 0.1) is 41.7 Å². The van der Waals surface area contributed by atoms with Crippen LogP contribution in [0.1, 0.15) is 81.1 Å². The van der Waals surface area contributed by atoms with Crippen molar-refractivity contribution in [3.63, 3.8) is 0 Å². The van der Waals surface area contributed by atoms with Crippen LogP contribution in [0.15, 0.2) is 0 Å². The van der Waals surface area contributed by atoms with Gasteiger partial charge in [-0.25, -0.2) is 0 Å². The van der Waals surface area contributed by atoms with Crippen LogP contribution in [0.5, 0.6) is 0 Å². The predicted molar refractivity (Wildman–Crippen MR) is 108 cm³/mol. The molecule has 0 heterocycles. The zero-order valence-electron chi connectivity index (χ0n) is 15.3. The first-order valence-corrected chi connectivity index (χ1v) is 9.60. The van der Waals surface area contributed by atoms with Crippen LogP contribution in [-0.2, 0) is 50.5 Å². The molecule has 0 aromatic heterocycles. The number of hydrogen-bond donors (Lipinski definition) is 0. The second kappa shape index (κ2) is 30.6. The molecule has 0 aliphatic carbocycles. The van der Waals surface area contributed by atoms with E-state index in [4.69, 9.17) is 50.5 Å². The summed E-state index contributed by atoms with van der Waals surface area (Å²) in [5.74, 6) is 0. The average Bonchev–Trinajstić information content (AvgIpc) is 2.40. The van der Waals surface area contributed by atoms with E-state index >= 15 is 0 Å². The van der Waals surface area contributed by atoms with Gasteiger partial charge < -0.3 is 50.5 Å². The van der Waals surface area contributed by atoms with Gasteiger partial charge in [0.25, 0.3) is 0 Å². The fourth-order valence-corrected chi connectivity index (χ4v) is 0. The standard InChI is InChI=1S/4C4H10S.Ce/c4*1-3-4(2)5;/h4*4-5H,3H2,1-2H3;/q;;;;+4/p-4. The first-order chi connectivity index (χ1) is 9.08. The molecule has 0 fully saturated rings. The normalized spacial score (nSPS) is 14.3. The molecule has 0 saturated heterocycles.